The molecular formula is C32H38N2O7S. The molecule has 0 radical (unpaired) electrons. The van der Waals surface area contributed by atoms with E-state index >= 15 is 0 Å². The normalized spacial score (nSPS) is 18.5. The number of amides is 1. The third kappa shape index (κ3) is 9.84. The summed E-state index contributed by atoms with van der Waals surface area (Å²) >= 11 is 1.45. The van der Waals surface area contributed by atoms with Gasteiger partial charge in [-0.05, 0) is 35.6 Å². The predicted molar refractivity (Wildman–Crippen MR) is 158 cm³/mol. The number of hydrogen-bond donors (Lipinski definition) is 3. The minimum absolute atomic E-state index is 0.0233. The number of aliphatic carboxylic acids is 1. The SMILES string of the molecule is O=C(O)CCCCCCC(=O)NCc1ccc(C2OC(CSc3cccc[n+]3[O-])CC(c3ccc(CO)cc3)O2)cc1. The summed E-state index contributed by atoms with van der Waals surface area (Å²) in [5, 5.41) is 33.8. The molecule has 2 heterocycles. The largest absolute Gasteiger partial charge is 0.618 e. The average Bonchev–Trinajstić information content (AvgIpc) is 3.01. The summed E-state index contributed by atoms with van der Waals surface area (Å²) in [7, 11) is 0. The molecule has 42 heavy (non-hydrogen) atoms. The number of benzene rings is 2. The monoisotopic (exact) mass is 594 g/mol. The molecule has 1 fully saturated rings. The number of nitrogens with one attached hydrogen (secondary N) is 1. The van der Waals surface area contributed by atoms with Gasteiger partial charge in [-0.15, -0.1) is 0 Å². The van der Waals surface area contributed by atoms with E-state index in [1.165, 1.54) is 18.0 Å². The fraction of sp³-hybridized carbons (Fsp3) is 0.406. The Balaban J connectivity index is 1.33. The maximum absolute atomic E-state index is 12.2. The summed E-state index contributed by atoms with van der Waals surface area (Å²) in [6.45, 7) is 0.389. The van der Waals surface area contributed by atoms with E-state index < -0.39 is 12.3 Å². The first-order valence-electron chi connectivity index (χ1n) is 14.3. The molecule has 1 aliphatic rings. The first-order chi connectivity index (χ1) is 20.4. The van der Waals surface area contributed by atoms with Crippen LogP contribution in [-0.4, -0.2) is 33.9 Å². The molecule has 0 saturated carbocycles. The van der Waals surface area contributed by atoms with Crippen molar-refractivity contribution in [3.05, 3.63) is 100 Å². The highest BCUT2D eigenvalue weighted by atomic mass is 32.2. The lowest BCUT2D eigenvalue weighted by Crippen LogP contribution is -2.32. The second-order valence-electron chi connectivity index (χ2n) is 10.4. The summed E-state index contributed by atoms with van der Waals surface area (Å²) in [5.74, 6) is -0.223. The number of thioether (sulfide) groups is 1. The van der Waals surface area contributed by atoms with Crippen molar-refractivity contribution in [1.29, 1.82) is 0 Å². The van der Waals surface area contributed by atoms with Crippen LogP contribution in [0.4, 0.5) is 0 Å². The fourth-order valence-corrected chi connectivity index (χ4v) is 5.66. The summed E-state index contributed by atoms with van der Waals surface area (Å²) < 4.78 is 13.6. The minimum Gasteiger partial charge on any atom is -0.618 e. The highest BCUT2D eigenvalue weighted by Crippen LogP contribution is 2.39. The van der Waals surface area contributed by atoms with Gasteiger partial charge < -0.3 is 30.2 Å². The third-order valence-electron chi connectivity index (χ3n) is 7.11. The van der Waals surface area contributed by atoms with Gasteiger partial charge in [0.1, 0.15) is 0 Å². The molecule has 1 saturated heterocycles. The number of hydrogen-bond acceptors (Lipinski definition) is 7. The van der Waals surface area contributed by atoms with Gasteiger partial charge in [-0.1, -0.05) is 73.1 Å². The summed E-state index contributed by atoms with van der Waals surface area (Å²) in [6, 6.07) is 20.8. The number of ether oxygens (including phenoxy) is 2. The lowest BCUT2D eigenvalue weighted by Gasteiger charge is -2.36. The summed E-state index contributed by atoms with van der Waals surface area (Å²) in [5.41, 5.74) is 3.64. The van der Waals surface area contributed by atoms with E-state index in [4.69, 9.17) is 14.6 Å². The zero-order valence-electron chi connectivity index (χ0n) is 23.5. The van der Waals surface area contributed by atoms with Crippen LogP contribution in [0.5, 0.6) is 0 Å². The molecule has 3 N–H and O–H groups in total. The number of rotatable bonds is 15. The van der Waals surface area contributed by atoms with Crippen LogP contribution in [0.15, 0.2) is 78.0 Å². The third-order valence-corrected chi connectivity index (χ3v) is 8.26. The van der Waals surface area contributed by atoms with E-state index in [-0.39, 0.29) is 31.1 Å². The van der Waals surface area contributed by atoms with Gasteiger partial charge in [-0.3, -0.25) is 9.59 Å². The quantitative estimate of drug-likeness (QED) is 0.0948. The Hall–Kier alpha value is -3.44. The van der Waals surface area contributed by atoms with Gasteiger partial charge in [-0.2, -0.15) is 4.73 Å². The van der Waals surface area contributed by atoms with Crippen molar-refractivity contribution in [2.24, 2.45) is 0 Å². The van der Waals surface area contributed by atoms with Crippen molar-refractivity contribution >= 4 is 23.6 Å². The molecule has 1 amide bonds. The Labute approximate surface area is 250 Å². The van der Waals surface area contributed by atoms with Crippen molar-refractivity contribution in [2.45, 2.75) is 81.6 Å². The number of carboxylic acids is 1. The average molecular weight is 595 g/mol. The molecule has 9 nitrogen and oxygen atoms in total. The first-order valence-corrected chi connectivity index (χ1v) is 15.3. The number of aromatic nitrogens is 1. The van der Waals surface area contributed by atoms with Crippen LogP contribution in [0.3, 0.4) is 0 Å². The zero-order valence-corrected chi connectivity index (χ0v) is 24.3. The number of carbonyl (C=O) groups is 2. The molecule has 3 atom stereocenters. The van der Waals surface area contributed by atoms with Gasteiger partial charge in [0.05, 0.1) is 18.8 Å². The lowest BCUT2D eigenvalue weighted by molar-refractivity contribution is -0.645. The van der Waals surface area contributed by atoms with Crippen molar-refractivity contribution in [3.63, 3.8) is 0 Å². The number of nitrogens with zero attached hydrogens (tertiary/aromatic N) is 1. The van der Waals surface area contributed by atoms with Gasteiger partial charge in [0, 0.05) is 49.3 Å². The number of aliphatic hydroxyl groups is 1. The highest BCUT2D eigenvalue weighted by Gasteiger charge is 2.32. The second kappa shape index (κ2) is 16.3. The summed E-state index contributed by atoms with van der Waals surface area (Å²) in [4.78, 5) is 22.8. The Kier molecular flexibility index (Phi) is 12.2. The molecule has 2 aromatic carbocycles. The Morgan fingerprint density at radius 3 is 2.29 bits per heavy atom. The molecular weight excluding hydrogens is 556 g/mol. The van der Waals surface area contributed by atoms with E-state index in [2.05, 4.69) is 5.32 Å². The number of aliphatic hydroxyl groups excluding tert-OH is 1. The van der Waals surface area contributed by atoms with Gasteiger partial charge in [0.25, 0.3) is 5.03 Å². The van der Waals surface area contributed by atoms with Crippen LogP contribution in [0.1, 0.15) is 79.6 Å². The molecule has 3 unspecified atom stereocenters. The molecule has 224 valence electrons. The van der Waals surface area contributed by atoms with Gasteiger partial charge >= 0.3 is 5.97 Å². The predicted octanol–water partition coefficient (Wildman–Crippen LogP) is 5.19. The van der Waals surface area contributed by atoms with E-state index in [0.29, 0.717) is 36.6 Å². The maximum Gasteiger partial charge on any atom is 0.303 e. The van der Waals surface area contributed by atoms with Crippen molar-refractivity contribution in [1.82, 2.24) is 5.32 Å². The maximum atomic E-state index is 12.2. The van der Waals surface area contributed by atoms with Crippen LogP contribution < -0.4 is 10.0 Å². The van der Waals surface area contributed by atoms with E-state index in [0.717, 1.165) is 46.2 Å². The van der Waals surface area contributed by atoms with E-state index in [9.17, 15) is 19.9 Å². The fourth-order valence-electron chi connectivity index (χ4n) is 4.72. The number of carbonyl (C=O) groups excluding carboxylic acids is 1. The van der Waals surface area contributed by atoms with Crippen molar-refractivity contribution in [3.8, 4) is 0 Å². The minimum atomic E-state index is -0.784. The molecule has 10 heteroatoms. The molecule has 0 bridgehead atoms. The molecule has 0 aliphatic carbocycles. The van der Waals surface area contributed by atoms with Gasteiger partial charge in [0.15, 0.2) is 12.5 Å². The smallest absolute Gasteiger partial charge is 0.303 e. The summed E-state index contributed by atoms with van der Waals surface area (Å²) in [6.07, 6.45) is 4.73. The number of carboxylic acid groups (broad SMARTS) is 1. The topological polar surface area (TPSA) is 132 Å². The van der Waals surface area contributed by atoms with Crippen LogP contribution >= 0.6 is 11.8 Å². The van der Waals surface area contributed by atoms with Gasteiger partial charge in [-0.25, -0.2) is 0 Å². The van der Waals surface area contributed by atoms with Crippen LogP contribution in [0.25, 0.3) is 0 Å². The van der Waals surface area contributed by atoms with Crippen molar-refractivity contribution in [2.75, 3.05) is 5.75 Å². The van der Waals surface area contributed by atoms with Crippen LogP contribution in [0, 0.1) is 5.21 Å². The molecule has 1 aromatic heterocycles. The first kappa shape index (κ1) is 31.5. The van der Waals surface area contributed by atoms with Crippen LogP contribution in [0.2, 0.25) is 0 Å². The lowest BCUT2D eigenvalue weighted by atomic mass is 10.0. The molecule has 3 aromatic rings. The van der Waals surface area contributed by atoms with Gasteiger partial charge in [0.2, 0.25) is 5.91 Å². The molecule has 4 rings (SSSR count). The second-order valence-corrected chi connectivity index (χ2v) is 11.4. The van der Waals surface area contributed by atoms with Crippen molar-refractivity contribution < 1.29 is 34.0 Å². The molecule has 0 spiro atoms. The molecule has 1 aliphatic heterocycles. The van der Waals surface area contributed by atoms with E-state index in [1.807, 2.05) is 54.6 Å². The Morgan fingerprint density at radius 1 is 0.905 bits per heavy atom. The Bertz CT molecular complexity index is 1290. The van der Waals surface area contributed by atoms with Crippen LogP contribution in [-0.2, 0) is 32.2 Å². The highest BCUT2D eigenvalue weighted by molar-refractivity contribution is 7.99. The number of pyridine rings is 1. The Morgan fingerprint density at radius 2 is 1.60 bits per heavy atom. The van der Waals surface area contributed by atoms with E-state index in [1.54, 1.807) is 12.1 Å². The zero-order chi connectivity index (χ0) is 29.7. The number of unbranched alkanes of at least 4 members (excludes halogenated alkanes) is 3. The standard InChI is InChI=1S/C32H38N2O7S/c35-21-24-12-14-25(15-13-24)28-19-27(22-42-30-8-5-6-18-34(30)39)40-32(41-28)26-16-10-23(11-17-26)20-33-29(36)7-3-1-2-4-9-31(37)38/h5-6,8,10-18,27-28,32,35H,1-4,7,9,19-22H2,(H,33,36)(H,37,38).